The number of alkyl halides is 1. The Morgan fingerprint density at radius 1 is 1.50 bits per heavy atom. The molecule has 1 aromatic carbocycles. The number of carbonyl (C=O) groups is 1. The van der Waals surface area contributed by atoms with Gasteiger partial charge < -0.3 is 15.4 Å². The minimum Gasteiger partial charge on any atom is -0.485 e. The van der Waals surface area contributed by atoms with Crippen molar-refractivity contribution in [3.8, 4) is 11.8 Å². The summed E-state index contributed by atoms with van der Waals surface area (Å²) in [7, 11) is 1.46. The summed E-state index contributed by atoms with van der Waals surface area (Å²) in [6.07, 6.45) is -1.45. The minimum atomic E-state index is -1.45. The Morgan fingerprint density at radius 3 is 2.80 bits per heavy atom. The molecule has 0 unspecified atom stereocenters. The lowest BCUT2D eigenvalue weighted by molar-refractivity contribution is 0.00849. The van der Waals surface area contributed by atoms with Gasteiger partial charge in [0.05, 0.1) is 11.6 Å². The smallest absolute Gasteiger partial charge is 0.314 e. The molecule has 1 heterocycles. The predicted molar refractivity (Wildman–Crippen MR) is 71.1 cm³/mol. The van der Waals surface area contributed by atoms with Gasteiger partial charge in [0.25, 0.3) is 0 Å². The summed E-state index contributed by atoms with van der Waals surface area (Å²) in [5.74, 6) is 0.399. The molecule has 1 aromatic rings. The van der Waals surface area contributed by atoms with Gasteiger partial charge in [-0.3, -0.25) is 0 Å². The Balaban J connectivity index is 2.41. The molecule has 106 valence electrons. The van der Waals surface area contributed by atoms with Gasteiger partial charge in [-0.15, -0.1) is 0 Å². The number of nitrogens with zero attached hydrogens (tertiary/aromatic N) is 1. The Labute approximate surface area is 116 Å². The zero-order valence-corrected chi connectivity index (χ0v) is 11.5. The summed E-state index contributed by atoms with van der Waals surface area (Å²) in [6.45, 7) is 3.42. The first-order chi connectivity index (χ1) is 9.39. The molecule has 6 heteroatoms. The average Bonchev–Trinajstić information content (AvgIpc) is 2.42. The van der Waals surface area contributed by atoms with Crippen LogP contribution in [0.15, 0.2) is 18.2 Å². The number of carbonyl (C=O) groups excluding carboxylic acids is 1. The molecule has 2 N–H and O–H groups in total. The highest BCUT2D eigenvalue weighted by molar-refractivity contribution is 5.74. The molecular weight excluding hydrogens is 261 g/mol. The fraction of sp³-hybridized carbons (Fsp3) is 0.429. The van der Waals surface area contributed by atoms with Gasteiger partial charge in [-0.2, -0.15) is 5.26 Å². The molecular formula is C14H16FN3O2. The van der Waals surface area contributed by atoms with E-state index < -0.39 is 23.8 Å². The van der Waals surface area contributed by atoms with Crippen LogP contribution in [0, 0.1) is 11.3 Å². The summed E-state index contributed by atoms with van der Waals surface area (Å²) in [6, 6.07) is 5.25. The quantitative estimate of drug-likeness (QED) is 0.825. The summed E-state index contributed by atoms with van der Waals surface area (Å²) in [4.78, 5) is 11.5. The highest BCUT2D eigenvalue weighted by atomic mass is 19.1. The number of amides is 2. The molecule has 0 aromatic heterocycles. The number of benzene rings is 1. The number of ether oxygens (including phenoxy) is 1. The summed E-state index contributed by atoms with van der Waals surface area (Å²) >= 11 is 0. The largest absolute Gasteiger partial charge is 0.485 e. The number of nitrogens with one attached hydrogen (secondary N) is 2. The van der Waals surface area contributed by atoms with Crippen molar-refractivity contribution in [1.82, 2.24) is 10.6 Å². The summed E-state index contributed by atoms with van der Waals surface area (Å²) in [5, 5.41) is 13.8. The monoisotopic (exact) mass is 277 g/mol. The number of hydrogen-bond acceptors (Lipinski definition) is 3. The minimum absolute atomic E-state index is 0.282. The molecule has 0 spiro atoms. The van der Waals surface area contributed by atoms with E-state index in [-0.39, 0.29) is 5.56 Å². The Morgan fingerprint density at radius 2 is 2.20 bits per heavy atom. The molecule has 2 atom stereocenters. The van der Waals surface area contributed by atoms with E-state index in [0.717, 1.165) is 0 Å². The highest BCUT2D eigenvalue weighted by Crippen LogP contribution is 2.42. The van der Waals surface area contributed by atoms with Crippen LogP contribution in [0.4, 0.5) is 9.18 Å². The van der Waals surface area contributed by atoms with Gasteiger partial charge in [0.15, 0.2) is 6.17 Å². The first-order valence-corrected chi connectivity index (χ1v) is 6.24. The maximum Gasteiger partial charge on any atom is 0.314 e. The lowest BCUT2D eigenvalue weighted by atomic mass is 9.86. The zero-order valence-electron chi connectivity index (χ0n) is 11.5. The maximum absolute atomic E-state index is 14.7. The van der Waals surface area contributed by atoms with Crippen LogP contribution >= 0.6 is 0 Å². The number of hydrogen-bond donors (Lipinski definition) is 2. The van der Waals surface area contributed by atoms with E-state index in [1.165, 1.54) is 13.1 Å². The molecule has 20 heavy (non-hydrogen) atoms. The van der Waals surface area contributed by atoms with Crippen molar-refractivity contribution < 1.29 is 13.9 Å². The van der Waals surface area contributed by atoms with Gasteiger partial charge in [0.1, 0.15) is 17.4 Å². The number of urea groups is 1. The van der Waals surface area contributed by atoms with E-state index in [0.29, 0.717) is 11.3 Å². The van der Waals surface area contributed by atoms with Gasteiger partial charge in [-0.25, -0.2) is 9.18 Å². The second kappa shape index (κ2) is 5.00. The van der Waals surface area contributed by atoms with Crippen LogP contribution in [0.25, 0.3) is 0 Å². The van der Waals surface area contributed by atoms with Crippen LogP contribution in [0.3, 0.4) is 0 Å². The molecule has 1 aliphatic heterocycles. The average molecular weight is 277 g/mol. The van der Waals surface area contributed by atoms with Crippen LogP contribution < -0.4 is 15.4 Å². The van der Waals surface area contributed by atoms with Crippen LogP contribution in [0.5, 0.6) is 5.75 Å². The van der Waals surface area contributed by atoms with Crippen molar-refractivity contribution in [2.45, 2.75) is 31.7 Å². The molecule has 0 fully saturated rings. The number of fused-ring (bicyclic) bond motifs is 1. The van der Waals surface area contributed by atoms with Crippen LogP contribution in [0.1, 0.15) is 31.1 Å². The number of halogens is 1. The molecule has 2 amide bonds. The van der Waals surface area contributed by atoms with E-state index in [2.05, 4.69) is 10.6 Å². The third kappa shape index (κ3) is 2.39. The fourth-order valence-electron chi connectivity index (χ4n) is 2.27. The topological polar surface area (TPSA) is 74.2 Å². The molecule has 2 rings (SSSR count). The Kier molecular flexibility index (Phi) is 3.53. The van der Waals surface area contributed by atoms with Crippen molar-refractivity contribution >= 4 is 6.03 Å². The van der Waals surface area contributed by atoms with E-state index in [9.17, 15) is 9.18 Å². The number of nitriles is 1. The van der Waals surface area contributed by atoms with Crippen LogP contribution in [0.2, 0.25) is 0 Å². The van der Waals surface area contributed by atoms with E-state index in [4.69, 9.17) is 10.00 Å². The highest BCUT2D eigenvalue weighted by Gasteiger charge is 2.45. The standard InChI is InChI=1S/C14H16FN3O2/c1-14(2)12(18-13(19)17-3)11(15)9-6-8(7-16)4-5-10(9)20-14/h4-6,11-12H,1-3H3,(H2,17,18,19)/t11-,12+/m1/s1. The van der Waals surface area contributed by atoms with Crippen molar-refractivity contribution in [2.24, 2.45) is 0 Å². The third-order valence-corrected chi connectivity index (χ3v) is 3.36. The second-order valence-electron chi connectivity index (χ2n) is 5.17. The lowest BCUT2D eigenvalue weighted by Gasteiger charge is -2.42. The van der Waals surface area contributed by atoms with Crippen LogP contribution in [-0.2, 0) is 0 Å². The zero-order chi connectivity index (χ0) is 14.9. The predicted octanol–water partition coefficient (Wildman–Crippen LogP) is 2.04. The van der Waals surface area contributed by atoms with Crippen LogP contribution in [-0.4, -0.2) is 24.7 Å². The lowest BCUT2D eigenvalue weighted by Crippen LogP contribution is -2.58. The SMILES string of the molecule is CNC(=O)N[C@H]1[C@H](F)c2cc(C#N)ccc2OC1(C)C. The van der Waals surface area contributed by atoms with E-state index in [1.807, 2.05) is 6.07 Å². The summed E-state index contributed by atoms with van der Waals surface area (Å²) < 4.78 is 20.5. The normalized spacial score (nSPS) is 22.9. The van der Waals surface area contributed by atoms with Crippen molar-refractivity contribution in [2.75, 3.05) is 7.05 Å². The van der Waals surface area contributed by atoms with Gasteiger partial charge in [-0.1, -0.05) is 0 Å². The second-order valence-corrected chi connectivity index (χ2v) is 5.17. The molecule has 0 saturated carbocycles. The van der Waals surface area contributed by atoms with Gasteiger partial charge in [0, 0.05) is 12.6 Å². The molecule has 5 nitrogen and oxygen atoms in total. The van der Waals surface area contributed by atoms with Crippen molar-refractivity contribution in [3.63, 3.8) is 0 Å². The Hall–Kier alpha value is -2.29. The van der Waals surface area contributed by atoms with Gasteiger partial charge >= 0.3 is 6.03 Å². The first kappa shape index (κ1) is 14.1. The van der Waals surface area contributed by atoms with Gasteiger partial charge in [-0.05, 0) is 32.0 Å². The van der Waals surface area contributed by atoms with Gasteiger partial charge in [0.2, 0.25) is 0 Å². The summed E-state index contributed by atoms with van der Waals surface area (Å²) in [5.41, 5.74) is -0.259. The molecule has 0 bridgehead atoms. The van der Waals surface area contributed by atoms with E-state index >= 15 is 0 Å². The molecule has 0 saturated heterocycles. The molecule has 0 radical (unpaired) electrons. The third-order valence-electron chi connectivity index (χ3n) is 3.36. The number of rotatable bonds is 1. The van der Waals surface area contributed by atoms with Crippen molar-refractivity contribution in [3.05, 3.63) is 29.3 Å². The first-order valence-electron chi connectivity index (χ1n) is 6.24. The maximum atomic E-state index is 14.7. The Bertz CT molecular complexity index is 580. The molecule has 0 aliphatic carbocycles. The van der Waals surface area contributed by atoms with E-state index in [1.54, 1.807) is 26.0 Å². The van der Waals surface area contributed by atoms with Crippen molar-refractivity contribution in [1.29, 1.82) is 5.26 Å². The fourth-order valence-corrected chi connectivity index (χ4v) is 2.27. The molecule has 1 aliphatic rings.